The van der Waals surface area contributed by atoms with Crippen LogP contribution in [0.2, 0.25) is 0 Å². The van der Waals surface area contributed by atoms with Crippen LogP contribution in [-0.2, 0) is 5.67 Å². The fourth-order valence-electron chi connectivity index (χ4n) is 2.07. The van der Waals surface area contributed by atoms with Gasteiger partial charge >= 0.3 is 0 Å². The van der Waals surface area contributed by atoms with Crippen molar-refractivity contribution in [2.75, 3.05) is 0 Å². The van der Waals surface area contributed by atoms with Gasteiger partial charge in [0.05, 0.1) is 0 Å². The maximum atomic E-state index is 14.3. The molecule has 1 aliphatic rings. The average molecular weight is 199 g/mol. The van der Waals surface area contributed by atoms with E-state index >= 15 is 0 Å². The molecule has 0 aromatic carbocycles. The number of halogens is 1. The zero-order valence-corrected chi connectivity index (χ0v) is 8.53. The molecule has 2 unspecified atom stereocenters. The lowest BCUT2D eigenvalue weighted by atomic mass is 9.99. The first-order chi connectivity index (χ1) is 6.12. The summed E-state index contributed by atoms with van der Waals surface area (Å²) in [7, 11) is 0. The van der Waals surface area contributed by atoms with Crippen molar-refractivity contribution in [2.45, 2.75) is 37.9 Å². The van der Waals surface area contributed by atoms with Crippen LogP contribution < -0.4 is 5.73 Å². The first kappa shape index (κ1) is 9.16. The highest BCUT2D eigenvalue weighted by atomic mass is 32.1. The van der Waals surface area contributed by atoms with Crippen LogP contribution in [-0.4, -0.2) is 6.04 Å². The maximum absolute atomic E-state index is 14.3. The summed E-state index contributed by atoms with van der Waals surface area (Å²) in [4.78, 5) is 0.889. The Morgan fingerprint density at radius 3 is 2.92 bits per heavy atom. The van der Waals surface area contributed by atoms with Gasteiger partial charge in [0.15, 0.2) is 0 Å². The van der Waals surface area contributed by atoms with Crippen LogP contribution >= 0.6 is 11.3 Å². The van der Waals surface area contributed by atoms with Gasteiger partial charge in [-0.15, -0.1) is 11.3 Å². The molecule has 0 saturated heterocycles. The molecule has 1 aromatic heterocycles. The zero-order valence-electron chi connectivity index (χ0n) is 7.72. The molecule has 1 aromatic rings. The Hall–Kier alpha value is -0.410. The predicted octanol–water partition coefficient (Wildman–Crippen LogP) is 2.73. The molecule has 1 saturated carbocycles. The number of hydrogen-bond donors (Lipinski definition) is 1. The third-order valence-corrected chi connectivity index (χ3v) is 3.96. The fourth-order valence-corrected chi connectivity index (χ4v) is 3.13. The number of hydrogen-bond acceptors (Lipinski definition) is 2. The van der Waals surface area contributed by atoms with Crippen LogP contribution in [0.1, 0.15) is 29.7 Å². The summed E-state index contributed by atoms with van der Waals surface area (Å²) in [5.74, 6) is 0. The molecule has 0 radical (unpaired) electrons. The fraction of sp³-hybridized carbons (Fsp3) is 0.600. The molecule has 0 spiro atoms. The Balaban J connectivity index is 2.30. The molecule has 2 atom stereocenters. The Labute approximate surface area is 81.8 Å². The second-order valence-corrected chi connectivity index (χ2v) is 4.82. The highest BCUT2D eigenvalue weighted by Crippen LogP contribution is 2.45. The number of nitrogens with two attached hydrogens (primary N) is 1. The third kappa shape index (κ3) is 1.51. The van der Waals surface area contributed by atoms with E-state index in [1.165, 1.54) is 11.3 Å². The number of rotatable bonds is 1. The summed E-state index contributed by atoms with van der Waals surface area (Å²) < 4.78 is 14.3. The Kier molecular flexibility index (Phi) is 2.16. The van der Waals surface area contributed by atoms with E-state index in [-0.39, 0.29) is 6.04 Å². The van der Waals surface area contributed by atoms with Gasteiger partial charge in [-0.1, -0.05) is 0 Å². The molecule has 13 heavy (non-hydrogen) atoms. The topological polar surface area (TPSA) is 26.0 Å². The van der Waals surface area contributed by atoms with E-state index in [0.717, 1.165) is 16.9 Å². The molecule has 2 rings (SSSR count). The quantitative estimate of drug-likeness (QED) is 0.739. The monoisotopic (exact) mass is 199 g/mol. The van der Waals surface area contributed by atoms with E-state index in [0.29, 0.717) is 12.8 Å². The summed E-state index contributed by atoms with van der Waals surface area (Å²) >= 11 is 1.52. The van der Waals surface area contributed by atoms with Crippen LogP contribution in [0.3, 0.4) is 0 Å². The van der Waals surface area contributed by atoms with Gasteiger partial charge in [-0.05, 0) is 36.8 Å². The van der Waals surface area contributed by atoms with E-state index in [2.05, 4.69) is 0 Å². The average Bonchev–Trinajstić information content (AvgIpc) is 2.59. The highest BCUT2D eigenvalue weighted by molar-refractivity contribution is 7.10. The minimum atomic E-state index is -1.13. The summed E-state index contributed by atoms with van der Waals surface area (Å²) in [6.07, 6.45) is 1.90. The van der Waals surface area contributed by atoms with Crippen LogP contribution in [0.15, 0.2) is 11.4 Å². The van der Waals surface area contributed by atoms with Crippen LogP contribution in [0.25, 0.3) is 0 Å². The smallest absolute Gasteiger partial charge is 0.146 e. The Bertz CT molecular complexity index is 310. The highest BCUT2D eigenvalue weighted by Gasteiger charge is 2.41. The number of thiophene rings is 1. The first-order valence-electron chi connectivity index (χ1n) is 4.61. The Morgan fingerprint density at radius 2 is 2.46 bits per heavy atom. The summed E-state index contributed by atoms with van der Waals surface area (Å²) in [6.45, 7) is 1.97. The van der Waals surface area contributed by atoms with Crippen molar-refractivity contribution in [1.82, 2.24) is 0 Å². The van der Waals surface area contributed by atoms with Gasteiger partial charge in [0.2, 0.25) is 0 Å². The van der Waals surface area contributed by atoms with Gasteiger partial charge in [-0.2, -0.15) is 0 Å². The molecule has 2 N–H and O–H groups in total. The minimum Gasteiger partial charge on any atom is -0.328 e. The first-order valence-corrected chi connectivity index (χ1v) is 5.49. The number of aryl methyl sites for hydroxylation is 1. The van der Waals surface area contributed by atoms with Gasteiger partial charge in [0, 0.05) is 17.3 Å². The van der Waals surface area contributed by atoms with Crippen molar-refractivity contribution in [3.05, 3.63) is 21.9 Å². The van der Waals surface area contributed by atoms with Crippen molar-refractivity contribution in [3.63, 3.8) is 0 Å². The van der Waals surface area contributed by atoms with Crippen molar-refractivity contribution in [2.24, 2.45) is 5.73 Å². The van der Waals surface area contributed by atoms with Gasteiger partial charge < -0.3 is 5.73 Å². The lowest BCUT2D eigenvalue weighted by molar-refractivity contribution is 0.177. The molecule has 0 aliphatic heterocycles. The minimum absolute atomic E-state index is 0.0477. The van der Waals surface area contributed by atoms with E-state index in [1.54, 1.807) is 0 Å². The van der Waals surface area contributed by atoms with Crippen molar-refractivity contribution in [1.29, 1.82) is 0 Å². The second-order valence-electron chi connectivity index (χ2n) is 3.90. The van der Waals surface area contributed by atoms with Crippen LogP contribution in [0, 0.1) is 6.92 Å². The largest absolute Gasteiger partial charge is 0.328 e. The van der Waals surface area contributed by atoms with Crippen molar-refractivity contribution in [3.8, 4) is 0 Å². The van der Waals surface area contributed by atoms with Crippen LogP contribution in [0.4, 0.5) is 4.39 Å². The predicted molar refractivity (Wildman–Crippen MR) is 53.7 cm³/mol. The van der Waals surface area contributed by atoms with E-state index < -0.39 is 5.67 Å². The van der Waals surface area contributed by atoms with Gasteiger partial charge in [-0.3, -0.25) is 0 Å². The normalized spacial score (nSPS) is 33.9. The Morgan fingerprint density at radius 1 is 1.69 bits per heavy atom. The summed E-state index contributed by atoms with van der Waals surface area (Å²) in [5, 5.41) is 1.95. The number of alkyl halides is 1. The molecule has 1 aliphatic carbocycles. The van der Waals surface area contributed by atoms with Gasteiger partial charge in [0.25, 0.3) is 0 Å². The SMILES string of the molecule is Cc1ccsc1C1(F)CCC(N)C1. The van der Waals surface area contributed by atoms with Crippen LogP contribution in [0.5, 0.6) is 0 Å². The molecule has 72 valence electrons. The van der Waals surface area contributed by atoms with Gasteiger partial charge in [0.1, 0.15) is 5.67 Å². The molecule has 1 fully saturated rings. The summed E-state index contributed by atoms with van der Waals surface area (Å²) in [6, 6.07) is 2.03. The molecule has 3 heteroatoms. The van der Waals surface area contributed by atoms with Crippen molar-refractivity contribution < 1.29 is 4.39 Å². The van der Waals surface area contributed by atoms with E-state index in [9.17, 15) is 4.39 Å². The molecule has 0 amide bonds. The standard InChI is InChI=1S/C10H14FNS/c1-7-3-5-13-9(7)10(11)4-2-8(12)6-10/h3,5,8H,2,4,6,12H2,1H3. The van der Waals surface area contributed by atoms with Gasteiger partial charge in [-0.25, -0.2) is 4.39 Å². The molecule has 1 nitrogen and oxygen atoms in total. The maximum Gasteiger partial charge on any atom is 0.146 e. The summed E-state index contributed by atoms with van der Waals surface area (Å²) in [5.41, 5.74) is 5.67. The molecule has 1 heterocycles. The molecular formula is C10H14FNS. The lowest BCUT2D eigenvalue weighted by Gasteiger charge is -2.18. The van der Waals surface area contributed by atoms with E-state index in [4.69, 9.17) is 5.73 Å². The lowest BCUT2D eigenvalue weighted by Crippen LogP contribution is -2.21. The van der Waals surface area contributed by atoms with Crippen molar-refractivity contribution >= 4 is 11.3 Å². The zero-order chi connectivity index (χ0) is 9.47. The third-order valence-electron chi connectivity index (χ3n) is 2.77. The van der Waals surface area contributed by atoms with E-state index in [1.807, 2.05) is 18.4 Å². The second kappa shape index (κ2) is 3.07. The molecule has 0 bridgehead atoms. The molecular weight excluding hydrogens is 185 g/mol.